The molecule has 5 nitrogen and oxygen atoms in total. The molecule has 152 valence electrons. The predicted octanol–water partition coefficient (Wildman–Crippen LogP) is 6.00. The Kier molecular flexibility index (Phi) is 7.94. The molecular formula is C21H25Cl2NO4. The Morgan fingerprint density at radius 3 is 2.46 bits per heavy atom. The van der Waals surface area contributed by atoms with E-state index in [0.717, 1.165) is 43.8 Å². The van der Waals surface area contributed by atoms with Crippen LogP contribution in [0.2, 0.25) is 10.0 Å². The molecule has 2 aromatic rings. The van der Waals surface area contributed by atoms with Crippen molar-refractivity contribution in [3.05, 3.63) is 52.2 Å². The molecule has 0 N–H and O–H groups in total. The Balaban J connectivity index is 0.000000391. The van der Waals surface area contributed by atoms with Gasteiger partial charge >= 0.3 is 0 Å². The summed E-state index contributed by atoms with van der Waals surface area (Å²) in [5.74, 6) is 1.34. The molecule has 4 rings (SSSR count). The number of rotatable bonds is 7. The minimum absolute atomic E-state index is 0.0871. The van der Waals surface area contributed by atoms with Gasteiger partial charge in [-0.05, 0) is 38.3 Å². The number of nitrogens with zero attached hydrogens (tertiary/aromatic N) is 1. The van der Waals surface area contributed by atoms with Gasteiger partial charge in [-0.25, -0.2) is 0 Å². The lowest BCUT2D eigenvalue weighted by molar-refractivity contribution is 0.0546. The van der Waals surface area contributed by atoms with Gasteiger partial charge in [0.05, 0.1) is 36.0 Å². The van der Waals surface area contributed by atoms with Crippen LogP contribution in [0.15, 0.2) is 35.4 Å². The predicted molar refractivity (Wildman–Crippen MR) is 110 cm³/mol. The first-order chi connectivity index (χ1) is 13.6. The maximum Gasteiger partial charge on any atom is 0.146 e. The van der Waals surface area contributed by atoms with E-state index < -0.39 is 0 Å². The number of halogens is 2. The van der Waals surface area contributed by atoms with Crippen molar-refractivity contribution in [2.45, 2.75) is 44.8 Å². The van der Waals surface area contributed by atoms with Gasteiger partial charge in [0.15, 0.2) is 0 Å². The molecule has 1 aliphatic heterocycles. The van der Waals surface area contributed by atoms with E-state index in [-0.39, 0.29) is 6.10 Å². The highest BCUT2D eigenvalue weighted by atomic mass is 35.5. The molecule has 1 aromatic carbocycles. The van der Waals surface area contributed by atoms with Crippen LogP contribution in [0.4, 0.5) is 0 Å². The summed E-state index contributed by atoms with van der Waals surface area (Å²) in [5.41, 5.74) is 2.35. The summed E-state index contributed by atoms with van der Waals surface area (Å²) < 4.78 is 21.0. The second-order valence-corrected chi connectivity index (χ2v) is 7.64. The van der Waals surface area contributed by atoms with Crippen LogP contribution >= 0.6 is 23.2 Å². The fourth-order valence-electron chi connectivity index (χ4n) is 2.87. The summed E-state index contributed by atoms with van der Waals surface area (Å²) in [6, 6.07) is 5.43. The molecule has 1 atom stereocenters. The van der Waals surface area contributed by atoms with Crippen molar-refractivity contribution in [1.29, 1.82) is 0 Å². The van der Waals surface area contributed by atoms with E-state index in [1.165, 1.54) is 0 Å². The monoisotopic (exact) mass is 425 g/mol. The number of ether oxygens (including phenoxy) is 3. The molecule has 0 radical (unpaired) electrons. The standard InChI is InChI=1S/C18H19Cl2NO2.C3H6O2/c1-3-5-11(2)22-10-13-17(21-23-18(13)12-8-9-12)16-14(19)6-4-7-15(16)20;1-2-5-3-4-1/h3-4,6-7,11-12H,1,5,8-10H2,2H3;1-3H2. The Hall–Kier alpha value is -1.37. The Labute approximate surface area is 175 Å². The minimum atomic E-state index is 0.0871. The molecule has 2 aliphatic rings. The van der Waals surface area contributed by atoms with E-state index in [2.05, 4.69) is 11.7 Å². The van der Waals surface area contributed by atoms with Crippen LogP contribution in [0.3, 0.4) is 0 Å². The van der Waals surface area contributed by atoms with E-state index in [4.69, 9.17) is 41.9 Å². The Morgan fingerprint density at radius 1 is 1.25 bits per heavy atom. The summed E-state index contributed by atoms with van der Waals surface area (Å²) in [4.78, 5) is 0. The van der Waals surface area contributed by atoms with E-state index in [9.17, 15) is 0 Å². The lowest BCUT2D eigenvalue weighted by Gasteiger charge is -2.12. The zero-order chi connectivity index (χ0) is 19.9. The normalized spacial score (nSPS) is 17.1. The highest BCUT2D eigenvalue weighted by molar-refractivity contribution is 6.39. The molecular weight excluding hydrogens is 401 g/mol. The summed E-state index contributed by atoms with van der Waals surface area (Å²) >= 11 is 12.7. The van der Waals surface area contributed by atoms with Gasteiger partial charge < -0.3 is 18.7 Å². The largest absolute Gasteiger partial charge is 0.373 e. The summed E-state index contributed by atoms with van der Waals surface area (Å²) in [5, 5.41) is 5.38. The zero-order valence-corrected chi connectivity index (χ0v) is 17.5. The summed E-state index contributed by atoms with van der Waals surface area (Å²) in [7, 11) is 0. The second kappa shape index (κ2) is 10.4. The maximum absolute atomic E-state index is 6.33. The molecule has 1 saturated heterocycles. The lowest BCUT2D eigenvalue weighted by Crippen LogP contribution is -2.07. The first-order valence-electron chi connectivity index (χ1n) is 9.42. The first kappa shape index (κ1) is 21.3. The van der Waals surface area contributed by atoms with Crippen molar-refractivity contribution in [1.82, 2.24) is 5.16 Å². The van der Waals surface area contributed by atoms with Gasteiger partial charge in [-0.15, -0.1) is 6.58 Å². The van der Waals surface area contributed by atoms with Crippen molar-refractivity contribution in [2.75, 3.05) is 20.0 Å². The third-order valence-corrected chi connectivity index (χ3v) is 5.15. The van der Waals surface area contributed by atoms with Crippen LogP contribution in [0.5, 0.6) is 0 Å². The number of benzene rings is 1. The lowest BCUT2D eigenvalue weighted by atomic mass is 10.0. The van der Waals surface area contributed by atoms with Crippen molar-refractivity contribution < 1.29 is 18.7 Å². The van der Waals surface area contributed by atoms with Gasteiger partial charge in [0, 0.05) is 17.0 Å². The molecule has 0 bridgehead atoms. The van der Waals surface area contributed by atoms with Gasteiger partial charge in [-0.1, -0.05) is 40.5 Å². The fraction of sp³-hybridized carbons (Fsp3) is 0.476. The molecule has 1 aromatic heterocycles. The van der Waals surface area contributed by atoms with Crippen molar-refractivity contribution in [2.24, 2.45) is 0 Å². The van der Waals surface area contributed by atoms with Crippen molar-refractivity contribution >= 4 is 23.2 Å². The van der Waals surface area contributed by atoms with Crippen molar-refractivity contribution in [3.8, 4) is 11.3 Å². The topological polar surface area (TPSA) is 53.7 Å². The minimum Gasteiger partial charge on any atom is -0.373 e. The van der Waals surface area contributed by atoms with Gasteiger partial charge in [0.25, 0.3) is 0 Å². The molecule has 28 heavy (non-hydrogen) atoms. The molecule has 0 spiro atoms. The smallest absolute Gasteiger partial charge is 0.146 e. The third kappa shape index (κ3) is 5.58. The average molecular weight is 426 g/mol. The van der Waals surface area contributed by atoms with Crippen LogP contribution in [-0.2, 0) is 20.8 Å². The summed E-state index contributed by atoms with van der Waals surface area (Å²) in [6.45, 7) is 8.25. The molecule has 1 aliphatic carbocycles. The molecule has 7 heteroatoms. The Bertz CT molecular complexity index is 757. The van der Waals surface area contributed by atoms with Crippen LogP contribution < -0.4 is 0 Å². The van der Waals surface area contributed by atoms with E-state index in [1.54, 1.807) is 12.1 Å². The Morgan fingerprint density at radius 2 is 1.93 bits per heavy atom. The maximum atomic E-state index is 6.33. The number of hydrogen-bond donors (Lipinski definition) is 0. The van der Waals surface area contributed by atoms with Crippen molar-refractivity contribution in [3.63, 3.8) is 0 Å². The van der Waals surface area contributed by atoms with E-state index in [1.807, 2.05) is 19.1 Å². The first-order valence-corrected chi connectivity index (χ1v) is 10.2. The number of aromatic nitrogens is 1. The van der Waals surface area contributed by atoms with Crippen LogP contribution in [0.1, 0.15) is 43.4 Å². The SMILES string of the molecule is C1COCO1.C=CCC(C)OCc1c(-c2c(Cl)cccc2Cl)noc1C1CC1. The van der Waals surface area contributed by atoms with Gasteiger partial charge in [0.2, 0.25) is 0 Å². The number of hydrogen-bond acceptors (Lipinski definition) is 5. The van der Waals surface area contributed by atoms with Crippen LogP contribution in [-0.4, -0.2) is 31.3 Å². The second-order valence-electron chi connectivity index (χ2n) is 6.83. The fourth-order valence-corrected chi connectivity index (χ4v) is 3.45. The molecule has 1 saturated carbocycles. The summed E-state index contributed by atoms with van der Waals surface area (Å²) in [6.07, 6.45) is 4.99. The quantitative estimate of drug-likeness (QED) is 0.509. The highest BCUT2D eigenvalue weighted by Crippen LogP contribution is 2.46. The zero-order valence-electron chi connectivity index (χ0n) is 16.0. The van der Waals surface area contributed by atoms with Gasteiger partial charge in [-0.3, -0.25) is 0 Å². The highest BCUT2D eigenvalue weighted by Gasteiger charge is 2.33. The van der Waals surface area contributed by atoms with Gasteiger partial charge in [0.1, 0.15) is 18.2 Å². The average Bonchev–Trinajstić information content (AvgIpc) is 3.17. The van der Waals surface area contributed by atoms with E-state index in [0.29, 0.717) is 40.6 Å². The van der Waals surface area contributed by atoms with Crippen LogP contribution in [0.25, 0.3) is 11.3 Å². The van der Waals surface area contributed by atoms with Crippen LogP contribution in [0, 0.1) is 0 Å². The molecule has 0 amide bonds. The third-order valence-electron chi connectivity index (χ3n) is 4.52. The van der Waals surface area contributed by atoms with Gasteiger partial charge in [-0.2, -0.15) is 0 Å². The molecule has 2 heterocycles. The molecule has 1 unspecified atom stereocenters. The molecule has 2 fully saturated rings. The van der Waals surface area contributed by atoms with E-state index >= 15 is 0 Å².